The molecule has 1 atom stereocenters. The van der Waals surface area contributed by atoms with Crippen LogP contribution in [0.5, 0.6) is 0 Å². The van der Waals surface area contributed by atoms with Crippen LogP contribution < -0.4 is 0 Å². The molecule has 0 aliphatic carbocycles. The van der Waals surface area contributed by atoms with Crippen LogP contribution in [-0.4, -0.2) is 18.8 Å². The fraction of sp³-hybridized carbons (Fsp3) is 0.235. The number of carbonyl (C=O) groups excluding carboxylic acids is 1. The van der Waals surface area contributed by atoms with Crippen LogP contribution in [0.25, 0.3) is 11.1 Å². The average molecular weight is 326 g/mol. The molecule has 2 aromatic rings. The molecule has 122 valence electrons. The molecular formula is C17H14F4O2. The number of rotatable bonds is 4. The van der Waals surface area contributed by atoms with E-state index in [2.05, 4.69) is 4.74 Å². The van der Waals surface area contributed by atoms with E-state index in [9.17, 15) is 22.4 Å². The highest BCUT2D eigenvalue weighted by Gasteiger charge is 2.31. The Morgan fingerprint density at radius 1 is 1.13 bits per heavy atom. The predicted molar refractivity (Wildman–Crippen MR) is 77.3 cm³/mol. The number of alkyl halides is 3. The van der Waals surface area contributed by atoms with Crippen LogP contribution in [0.3, 0.4) is 0 Å². The highest BCUT2D eigenvalue weighted by molar-refractivity contribution is 5.78. The second kappa shape index (κ2) is 6.81. The van der Waals surface area contributed by atoms with E-state index in [0.717, 1.165) is 6.07 Å². The first-order valence-corrected chi connectivity index (χ1v) is 6.86. The van der Waals surface area contributed by atoms with E-state index < -0.39 is 30.5 Å². The van der Waals surface area contributed by atoms with Crippen LogP contribution in [0.15, 0.2) is 48.5 Å². The van der Waals surface area contributed by atoms with Gasteiger partial charge in [0, 0.05) is 5.56 Å². The van der Waals surface area contributed by atoms with Crippen molar-refractivity contribution in [3.05, 3.63) is 59.9 Å². The molecule has 0 N–H and O–H groups in total. The summed E-state index contributed by atoms with van der Waals surface area (Å²) >= 11 is 0. The van der Waals surface area contributed by atoms with Gasteiger partial charge in [0.2, 0.25) is 0 Å². The van der Waals surface area contributed by atoms with E-state index >= 15 is 0 Å². The zero-order valence-electron chi connectivity index (χ0n) is 12.2. The van der Waals surface area contributed by atoms with Gasteiger partial charge in [0.15, 0.2) is 6.61 Å². The molecule has 0 heterocycles. The van der Waals surface area contributed by atoms with Crippen molar-refractivity contribution < 1.29 is 27.1 Å². The average Bonchev–Trinajstić information content (AvgIpc) is 2.52. The lowest BCUT2D eigenvalue weighted by Gasteiger charge is -2.14. The molecule has 1 unspecified atom stereocenters. The van der Waals surface area contributed by atoms with Crippen molar-refractivity contribution >= 4 is 5.97 Å². The van der Waals surface area contributed by atoms with Gasteiger partial charge in [-0.15, -0.1) is 0 Å². The number of esters is 1. The maximum absolute atomic E-state index is 14.2. The number of ether oxygens (including phenoxy) is 1. The maximum Gasteiger partial charge on any atom is 0.422 e. The number of benzene rings is 2. The molecule has 2 aromatic carbocycles. The lowest BCUT2D eigenvalue weighted by atomic mass is 9.97. The number of hydrogen-bond acceptors (Lipinski definition) is 2. The molecular weight excluding hydrogens is 312 g/mol. The summed E-state index contributed by atoms with van der Waals surface area (Å²) in [4.78, 5) is 11.6. The Hall–Kier alpha value is -2.37. The molecule has 2 rings (SSSR count). The zero-order chi connectivity index (χ0) is 17.0. The van der Waals surface area contributed by atoms with E-state index in [1.807, 2.05) is 0 Å². The van der Waals surface area contributed by atoms with E-state index in [4.69, 9.17) is 0 Å². The van der Waals surface area contributed by atoms with Crippen LogP contribution >= 0.6 is 0 Å². The maximum atomic E-state index is 14.2. The molecule has 0 bridgehead atoms. The highest BCUT2D eigenvalue weighted by atomic mass is 19.4. The fourth-order valence-corrected chi connectivity index (χ4v) is 2.07. The molecule has 0 saturated carbocycles. The van der Waals surface area contributed by atoms with Crippen molar-refractivity contribution in [1.29, 1.82) is 0 Å². The Morgan fingerprint density at radius 2 is 1.78 bits per heavy atom. The second-order valence-electron chi connectivity index (χ2n) is 5.05. The van der Waals surface area contributed by atoms with Crippen molar-refractivity contribution in [2.45, 2.75) is 19.0 Å². The topological polar surface area (TPSA) is 26.3 Å². The van der Waals surface area contributed by atoms with E-state index in [-0.39, 0.29) is 5.56 Å². The van der Waals surface area contributed by atoms with Gasteiger partial charge in [0.05, 0.1) is 5.92 Å². The molecule has 0 spiro atoms. The summed E-state index contributed by atoms with van der Waals surface area (Å²) in [5.74, 6) is -2.59. The Labute approximate surface area is 130 Å². The molecule has 6 heteroatoms. The summed E-state index contributed by atoms with van der Waals surface area (Å²) in [5.41, 5.74) is 1.28. The summed E-state index contributed by atoms with van der Waals surface area (Å²) in [7, 11) is 0. The third kappa shape index (κ3) is 4.55. The first-order valence-electron chi connectivity index (χ1n) is 6.86. The summed E-state index contributed by atoms with van der Waals surface area (Å²) in [6.07, 6.45) is -4.59. The molecule has 0 fully saturated rings. The predicted octanol–water partition coefficient (Wildman–Crippen LogP) is 4.70. The summed E-state index contributed by atoms with van der Waals surface area (Å²) in [6, 6.07) is 12.9. The van der Waals surface area contributed by atoms with Gasteiger partial charge in [-0.1, -0.05) is 42.5 Å². The van der Waals surface area contributed by atoms with Crippen LogP contribution in [0, 0.1) is 5.82 Å². The summed E-state index contributed by atoms with van der Waals surface area (Å²) < 4.78 is 54.5. The largest absolute Gasteiger partial charge is 0.456 e. The zero-order valence-corrected chi connectivity index (χ0v) is 12.2. The van der Waals surface area contributed by atoms with Gasteiger partial charge in [0.1, 0.15) is 5.82 Å². The van der Waals surface area contributed by atoms with Gasteiger partial charge in [-0.25, -0.2) is 4.39 Å². The third-order valence-corrected chi connectivity index (χ3v) is 3.31. The number of carbonyl (C=O) groups is 1. The Kier molecular flexibility index (Phi) is 5.03. The van der Waals surface area contributed by atoms with Crippen molar-refractivity contribution in [2.24, 2.45) is 0 Å². The van der Waals surface area contributed by atoms with E-state index in [1.54, 1.807) is 30.3 Å². The first-order chi connectivity index (χ1) is 10.8. The quantitative estimate of drug-likeness (QED) is 0.601. The third-order valence-electron chi connectivity index (χ3n) is 3.31. The van der Waals surface area contributed by atoms with Crippen LogP contribution in [0.1, 0.15) is 18.4 Å². The summed E-state index contributed by atoms with van der Waals surface area (Å²) in [6.45, 7) is -0.281. The summed E-state index contributed by atoms with van der Waals surface area (Å²) in [5, 5.41) is 0. The lowest BCUT2D eigenvalue weighted by Crippen LogP contribution is -2.23. The standard InChI is InChI=1S/C17H14F4O2/c1-11(16(22)23-10-17(19,20)21)13-7-8-14(15(18)9-13)12-5-3-2-4-6-12/h2-9,11H,10H2,1H3. The van der Waals surface area contributed by atoms with Gasteiger partial charge in [-0.05, 0) is 24.1 Å². The van der Waals surface area contributed by atoms with Gasteiger partial charge in [-0.2, -0.15) is 13.2 Å². The molecule has 23 heavy (non-hydrogen) atoms. The molecule has 0 aliphatic heterocycles. The molecule has 0 aliphatic rings. The Balaban J connectivity index is 2.15. The normalized spacial score (nSPS) is 12.7. The van der Waals surface area contributed by atoms with E-state index in [0.29, 0.717) is 11.1 Å². The van der Waals surface area contributed by atoms with Gasteiger partial charge in [0.25, 0.3) is 0 Å². The molecule has 2 nitrogen and oxygen atoms in total. The minimum absolute atomic E-state index is 0.259. The van der Waals surface area contributed by atoms with Gasteiger partial charge in [-0.3, -0.25) is 4.79 Å². The highest BCUT2D eigenvalue weighted by Crippen LogP contribution is 2.27. The molecule has 0 aromatic heterocycles. The fourth-order valence-electron chi connectivity index (χ4n) is 2.07. The van der Waals surface area contributed by atoms with Crippen LogP contribution in [0.2, 0.25) is 0 Å². The number of hydrogen-bond donors (Lipinski definition) is 0. The minimum Gasteiger partial charge on any atom is -0.456 e. The first kappa shape index (κ1) is 17.0. The molecule has 0 amide bonds. The van der Waals surface area contributed by atoms with Crippen LogP contribution in [0.4, 0.5) is 17.6 Å². The molecule has 0 radical (unpaired) electrons. The SMILES string of the molecule is CC(C(=O)OCC(F)(F)F)c1ccc(-c2ccccc2)c(F)c1. The van der Waals surface area contributed by atoms with Crippen molar-refractivity contribution in [1.82, 2.24) is 0 Å². The van der Waals surface area contributed by atoms with Crippen molar-refractivity contribution in [2.75, 3.05) is 6.61 Å². The van der Waals surface area contributed by atoms with Gasteiger partial charge >= 0.3 is 12.1 Å². The van der Waals surface area contributed by atoms with Gasteiger partial charge < -0.3 is 4.74 Å². The Morgan fingerprint density at radius 3 is 2.35 bits per heavy atom. The second-order valence-corrected chi connectivity index (χ2v) is 5.05. The van der Waals surface area contributed by atoms with E-state index in [1.165, 1.54) is 19.1 Å². The van der Waals surface area contributed by atoms with Crippen LogP contribution in [-0.2, 0) is 9.53 Å². The smallest absolute Gasteiger partial charge is 0.422 e. The lowest BCUT2D eigenvalue weighted by molar-refractivity contribution is -0.187. The van der Waals surface area contributed by atoms with Crippen molar-refractivity contribution in [3.8, 4) is 11.1 Å². The monoisotopic (exact) mass is 326 g/mol. The Bertz CT molecular complexity index is 681. The minimum atomic E-state index is -4.59. The number of halogens is 4. The molecule has 0 saturated heterocycles. The van der Waals surface area contributed by atoms with Crippen molar-refractivity contribution in [3.63, 3.8) is 0 Å².